The van der Waals surface area contributed by atoms with Gasteiger partial charge in [0.1, 0.15) is 23.7 Å². The highest BCUT2D eigenvalue weighted by Gasteiger charge is 2.42. The van der Waals surface area contributed by atoms with E-state index in [2.05, 4.69) is 15.3 Å². The van der Waals surface area contributed by atoms with Crippen LogP contribution < -0.4 is 15.6 Å². The number of para-hydroxylation sites is 1. The average Bonchev–Trinajstić information content (AvgIpc) is 3.44. The number of hydrogen-bond acceptors (Lipinski definition) is 6. The van der Waals surface area contributed by atoms with E-state index in [4.69, 9.17) is 9.41 Å². The van der Waals surface area contributed by atoms with Gasteiger partial charge in [-0.15, -0.1) is 0 Å². The van der Waals surface area contributed by atoms with Crippen molar-refractivity contribution in [2.75, 3.05) is 4.90 Å². The van der Waals surface area contributed by atoms with Gasteiger partial charge < -0.3 is 14.5 Å². The SMILES string of the molecule is O=C1N/C(=N\C2CCCCC2O)C(c2coc3ccccc3c2=O)N1c1ccc2[nH]cnc2c1. The number of carbonyl (C=O) groups excluding carboxylic acids is 1. The summed E-state index contributed by atoms with van der Waals surface area (Å²) in [7, 11) is 0. The van der Waals surface area contributed by atoms with Gasteiger partial charge in [0.2, 0.25) is 0 Å². The second-order valence-electron chi connectivity index (χ2n) is 8.76. The lowest BCUT2D eigenvalue weighted by Crippen LogP contribution is -2.34. The predicted octanol–water partition coefficient (Wildman–Crippen LogP) is 3.64. The first-order valence-electron chi connectivity index (χ1n) is 11.4. The first-order valence-corrected chi connectivity index (χ1v) is 11.4. The molecule has 9 nitrogen and oxygen atoms in total. The summed E-state index contributed by atoms with van der Waals surface area (Å²) in [6.07, 6.45) is 5.70. The molecule has 2 aromatic carbocycles. The number of benzene rings is 2. The molecular formula is C25H23N5O4. The number of nitrogens with one attached hydrogen (secondary N) is 2. The minimum absolute atomic E-state index is 0.230. The van der Waals surface area contributed by atoms with E-state index < -0.39 is 18.2 Å². The maximum atomic E-state index is 13.5. The first-order chi connectivity index (χ1) is 16.6. The molecule has 4 aromatic rings. The van der Waals surface area contributed by atoms with E-state index in [-0.39, 0.29) is 11.5 Å². The zero-order chi connectivity index (χ0) is 23.2. The molecule has 3 N–H and O–H groups in total. The number of anilines is 1. The number of aliphatic hydroxyl groups is 1. The van der Waals surface area contributed by atoms with Crippen molar-refractivity contribution in [3.63, 3.8) is 0 Å². The molecule has 0 bridgehead atoms. The van der Waals surface area contributed by atoms with E-state index >= 15 is 0 Å². The molecule has 2 aliphatic rings. The maximum absolute atomic E-state index is 13.5. The molecule has 1 saturated heterocycles. The summed E-state index contributed by atoms with van der Waals surface area (Å²) in [5.74, 6) is 0.334. The standard InChI is InChI=1S/C25H23N5O4/c31-20-7-3-2-6-18(20)28-24-22(16-12-34-21-8-4-1-5-15(21)23(16)32)30(25(33)29-24)14-9-10-17-19(11-14)27-13-26-17/h1,4-5,8-13,18,20,22,31H,2-3,6-7H2,(H,26,27)(H,28,29,33). The second kappa shape index (κ2) is 8.11. The molecule has 34 heavy (non-hydrogen) atoms. The third-order valence-electron chi connectivity index (χ3n) is 6.65. The molecule has 6 rings (SSSR count). The van der Waals surface area contributed by atoms with Gasteiger partial charge in [-0.25, -0.2) is 9.78 Å². The van der Waals surface area contributed by atoms with Gasteiger partial charge in [0, 0.05) is 5.69 Å². The number of carbonyl (C=O) groups is 1. The number of nitrogens with zero attached hydrogens (tertiary/aromatic N) is 3. The summed E-state index contributed by atoms with van der Waals surface area (Å²) in [4.78, 5) is 40.4. The largest absolute Gasteiger partial charge is 0.464 e. The molecule has 1 aliphatic heterocycles. The summed E-state index contributed by atoms with van der Waals surface area (Å²) >= 11 is 0. The van der Waals surface area contributed by atoms with Crippen molar-refractivity contribution < 1.29 is 14.3 Å². The number of fused-ring (bicyclic) bond motifs is 2. The normalized spacial score (nSPS) is 24.3. The van der Waals surface area contributed by atoms with Gasteiger partial charge in [-0.05, 0) is 43.2 Å². The van der Waals surface area contributed by atoms with E-state index in [9.17, 15) is 14.7 Å². The molecule has 3 heterocycles. The molecule has 2 aromatic heterocycles. The lowest BCUT2D eigenvalue weighted by atomic mass is 9.93. The molecule has 0 spiro atoms. The van der Waals surface area contributed by atoms with Crippen LogP contribution in [0.2, 0.25) is 0 Å². The maximum Gasteiger partial charge on any atom is 0.328 e. The molecule has 1 aliphatic carbocycles. The smallest absolute Gasteiger partial charge is 0.328 e. The lowest BCUT2D eigenvalue weighted by Gasteiger charge is -2.26. The van der Waals surface area contributed by atoms with Crippen LogP contribution in [0.5, 0.6) is 0 Å². The van der Waals surface area contributed by atoms with Gasteiger partial charge in [-0.3, -0.25) is 20.0 Å². The van der Waals surface area contributed by atoms with Crippen molar-refractivity contribution in [2.24, 2.45) is 4.99 Å². The van der Waals surface area contributed by atoms with E-state index in [1.165, 1.54) is 11.2 Å². The van der Waals surface area contributed by atoms with E-state index in [1.807, 2.05) is 6.07 Å². The summed E-state index contributed by atoms with van der Waals surface area (Å²) in [6.45, 7) is 0. The number of H-pyrrole nitrogens is 1. The Morgan fingerprint density at radius 2 is 1.97 bits per heavy atom. The monoisotopic (exact) mass is 457 g/mol. The Morgan fingerprint density at radius 1 is 1.12 bits per heavy atom. The van der Waals surface area contributed by atoms with Crippen molar-refractivity contribution in [3.8, 4) is 0 Å². The molecule has 0 radical (unpaired) electrons. The Hall–Kier alpha value is -3.98. The van der Waals surface area contributed by atoms with Gasteiger partial charge in [-0.1, -0.05) is 25.0 Å². The Labute approximate surface area is 194 Å². The van der Waals surface area contributed by atoms with E-state index in [0.717, 1.165) is 24.8 Å². The highest BCUT2D eigenvalue weighted by Crippen LogP contribution is 2.34. The zero-order valence-electron chi connectivity index (χ0n) is 18.3. The minimum Gasteiger partial charge on any atom is -0.464 e. The minimum atomic E-state index is -0.820. The summed E-state index contributed by atoms with van der Waals surface area (Å²) in [6, 6.07) is 10.9. The lowest BCUT2D eigenvalue weighted by molar-refractivity contribution is 0.109. The number of rotatable bonds is 3. The Morgan fingerprint density at radius 3 is 2.85 bits per heavy atom. The van der Waals surface area contributed by atoms with Crippen LogP contribution in [0, 0.1) is 0 Å². The van der Waals surface area contributed by atoms with Crippen LogP contribution in [0.25, 0.3) is 22.0 Å². The van der Waals surface area contributed by atoms with Crippen LogP contribution in [0.4, 0.5) is 10.5 Å². The third kappa shape index (κ3) is 3.36. The van der Waals surface area contributed by atoms with Crippen molar-refractivity contribution >= 4 is 39.6 Å². The fraction of sp³-hybridized carbons (Fsp3) is 0.280. The predicted molar refractivity (Wildman–Crippen MR) is 128 cm³/mol. The second-order valence-corrected chi connectivity index (χ2v) is 8.76. The molecule has 2 amide bonds. The molecule has 3 unspecified atom stereocenters. The van der Waals surface area contributed by atoms with Crippen LogP contribution in [0.3, 0.4) is 0 Å². The highest BCUT2D eigenvalue weighted by molar-refractivity contribution is 6.17. The fourth-order valence-corrected chi connectivity index (χ4v) is 4.91. The number of hydrogen-bond donors (Lipinski definition) is 3. The van der Waals surface area contributed by atoms with Gasteiger partial charge >= 0.3 is 6.03 Å². The van der Waals surface area contributed by atoms with Crippen LogP contribution >= 0.6 is 0 Å². The topological polar surface area (TPSA) is 124 Å². The number of aromatic nitrogens is 2. The molecule has 9 heteroatoms. The van der Waals surface area contributed by atoms with Crippen LogP contribution in [0.15, 0.2) is 69.3 Å². The molecule has 172 valence electrons. The number of imidazole rings is 1. The Kier molecular flexibility index (Phi) is 4.91. The number of aliphatic hydroxyl groups excluding tert-OH is 1. The van der Waals surface area contributed by atoms with Crippen molar-refractivity contribution in [1.82, 2.24) is 15.3 Å². The van der Waals surface area contributed by atoms with Crippen molar-refractivity contribution in [3.05, 3.63) is 70.8 Å². The van der Waals surface area contributed by atoms with Gasteiger partial charge in [0.15, 0.2) is 5.43 Å². The summed E-state index contributed by atoms with van der Waals surface area (Å²) in [5, 5.41) is 13.8. The number of amides is 2. The van der Waals surface area contributed by atoms with Crippen molar-refractivity contribution in [1.29, 1.82) is 0 Å². The van der Waals surface area contributed by atoms with Crippen LogP contribution in [-0.2, 0) is 0 Å². The average molecular weight is 457 g/mol. The van der Waals surface area contributed by atoms with Gasteiger partial charge in [0.25, 0.3) is 0 Å². The Balaban J connectivity index is 1.52. The van der Waals surface area contributed by atoms with E-state index in [0.29, 0.717) is 40.0 Å². The molecule has 1 saturated carbocycles. The van der Waals surface area contributed by atoms with Gasteiger partial charge in [-0.2, -0.15) is 0 Å². The zero-order valence-corrected chi connectivity index (χ0v) is 18.3. The van der Waals surface area contributed by atoms with E-state index in [1.54, 1.807) is 42.7 Å². The number of amidine groups is 1. The quantitative estimate of drug-likeness (QED) is 0.433. The number of aromatic amines is 1. The fourth-order valence-electron chi connectivity index (χ4n) is 4.91. The molecular weight excluding hydrogens is 434 g/mol. The van der Waals surface area contributed by atoms with Crippen molar-refractivity contribution in [2.45, 2.75) is 43.9 Å². The molecule has 3 atom stereocenters. The van der Waals surface area contributed by atoms with Gasteiger partial charge in [0.05, 0.1) is 40.5 Å². The number of aliphatic imine (C=N–C) groups is 1. The highest BCUT2D eigenvalue weighted by atomic mass is 16.3. The molecule has 2 fully saturated rings. The summed E-state index contributed by atoms with van der Waals surface area (Å²) in [5.41, 5.74) is 2.64. The van der Waals surface area contributed by atoms with Crippen LogP contribution in [0.1, 0.15) is 37.3 Å². The third-order valence-corrected chi connectivity index (χ3v) is 6.65. The van der Waals surface area contributed by atoms with Crippen LogP contribution in [-0.4, -0.2) is 39.1 Å². The first kappa shape index (κ1) is 20.6. The number of urea groups is 1. The summed E-state index contributed by atoms with van der Waals surface area (Å²) < 4.78 is 5.79. The Bertz CT molecular complexity index is 1490.